The van der Waals surface area contributed by atoms with Crippen molar-refractivity contribution in [1.82, 2.24) is 20.0 Å². The second-order valence-electron chi connectivity index (χ2n) is 5.06. The maximum atomic E-state index is 12.4. The summed E-state index contributed by atoms with van der Waals surface area (Å²) in [6, 6.07) is 11.1. The van der Waals surface area contributed by atoms with Crippen LogP contribution in [0.2, 0.25) is 5.15 Å². The molecule has 0 fully saturated rings. The normalized spacial score (nSPS) is 12.1. The molecule has 6 nitrogen and oxygen atoms in total. The third kappa shape index (κ3) is 2.98. The average molecular weight is 331 g/mol. The van der Waals surface area contributed by atoms with Crippen molar-refractivity contribution in [2.24, 2.45) is 0 Å². The highest BCUT2D eigenvalue weighted by Crippen LogP contribution is 2.26. The second kappa shape index (κ2) is 6.26. The van der Waals surface area contributed by atoms with Crippen molar-refractivity contribution < 1.29 is 9.53 Å². The Balaban J connectivity index is 1.88. The minimum Gasteiger partial charge on any atom is -0.452 e. The van der Waals surface area contributed by atoms with E-state index < -0.39 is 12.1 Å². The highest BCUT2D eigenvalue weighted by molar-refractivity contribution is 6.33. The third-order valence-corrected chi connectivity index (χ3v) is 3.80. The number of carbonyl (C=O) groups is 1. The van der Waals surface area contributed by atoms with Gasteiger partial charge in [0.25, 0.3) is 0 Å². The van der Waals surface area contributed by atoms with Gasteiger partial charge in [-0.1, -0.05) is 29.8 Å². The number of rotatable bonds is 4. The molecule has 2 aromatic heterocycles. The Labute approximate surface area is 138 Å². The number of halogens is 1. The Hall–Kier alpha value is -2.60. The zero-order chi connectivity index (χ0) is 16.4. The topological polar surface area (TPSA) is 72.8 Å². The highest BCUT2D eigenvalue weighted by Gasteiger charge is 2.24. The molecule has 23 heavy (non-hydrogen) atoms. The van der Waals surface area contributed by atoms with Crippen LogP contribution in [-0.4, -0.2) is 25.9 Å². The highest BCUT2D eigenvalue weighted by atomic mass is 35.5. The minimum atomic E-state index is -0.517. The number of ether oxygens (including phenoxy) is 1. The van der Waals surface area contributed by atoms with Crippen LogP contribution in [0.5, 0.6) is 0 Å². The second-order valence-corrected chi connectivity index (χ2v) is 5.42. The summed E-state index contributed by atoms with van der Waals surface area (Å²) in [6.45, 7) is 3.49. The first-order chi connectivity index (χ1) is 11.1. The monoisotopic (exact) mass is 330 g/mol. The molecule has 0 spiro atoms. The number of nitrogens with zero attached hydrogens (tertiary/aromatic N) is 3. The van der Waals surface area contributed by atoms with Crippen LogP contribution in [0.3, 0.4) is 0 Å². The Morgan fingerprint density at radius 3 is 2.70 bits per heavy atom. The molecule has 3 rings (SSSR count). The van der Waals surface area contributed by atoms with E-state index in [2.05, 4.69) is 15.3 Å². The van der Waals surface area contributed by atoms with Gasteiger partial charge in [-0.15, -0.1) is 0 Å². The lowest BCUT2D eigenvalue weighted by Gasteiger charge is -2.11. The van der Waals surface area contributed by atoms with E-state index in [4.69, 9.17) is 16.3 Å². The average Bonchev–Trinajstić information content (AvgIpc) is 3.16. The maximum absolute atomic E-state index is 12.4. The van der Waals surface area contributed by atoms with Crippen LogP contribution in [-0.2, 0) is 4.74 Å². The van der Waals surface area contributed by atoms with Crippen molar-refractivity contribution in [2.75, 3.05) is 0 Å². The van der Waals surface area contributed by atoms with Gasteiger partial charge in [0.15, 0.2) is 0 Å². The van der Waals surface area contributed by atoms with Gasteiger partial charge < -0.3 is 4.74 Å². The van der Waals surface area contributed by atoms with Gasteiger partial charge in [-0.05, 0) is 32.0 Å². The first-order valence-corrected chi connectivity index (χ1v) is 7.46. The van der Waals surface area contributed by atoms with Gasteiger partial charge in [0.2, 0.25) is 0 Å². The van der Waals surface area contributed by atoms with Gasteiger partial charge in [0.05, 0.1) is 17.1 Å². The Morgan fingerprint density at radius 1 is 1.30 bits per heavy atom. The number of carbonyl (C=O) groups excluding carboxylic acids is 1. The molecule has 2 heterocycles. The Morgan fingerprint density at radius 2 is 2.04 bits per heavy atom. The van der Waals surface area contributed by atoms with Crippen LogP contribution in [0, 0.1) is 6.92 Å². The fourth-order valence-corrected chi connectivity index (χ4v) is 2.60. The van der Waals surface area contributed by atoms with Crippen LogP contribution < -0.4 is 0 Å². The smallest absolute Gasteiger partial charge is 0.343 e. The molecule has 0 saturated carbocycles. The van der Waals surface area contributed by atoms with Crippen molar-refractivity contribution in [3.8, 4) is 5.69 Å². The molecule has 0 aliphatic carbocycles. The SMILES string of the molecule is Cc1nn(-c2ccccc2)c(Cl)c1C(=O)OC(C)c1ccn[nH]1. The number of H-pyrrole nitrogens is 1. The summed E-state index contributed by atoms with van der Waals surface area (Å²) in [5, 5.41) is 11.2. The van der Waals surface area contributed by atoms with Gasteiger partial charge in [-0.2, -0.15) is 10.2 Å². The standard InChI is InChI=1S/C16H15ClN4O2/c1-10-14(16(22)23-11(2)13-8-9-18-19-13)15(17)21(20-10)12-6-4-3-5-7-12/h3-9,11H,1-2H3,(H,18,19). The number of hydrogen-bond donors (Lipinski definition) is 1. The number of aromatic amines is 1. The van der Waals surface area contributed by atoms with Crippen molar-refractivity contribution in [1.29, 1.82) is 0 Å². The van der Waals surface area contributed by atoms with Gasteiger partial charge in [0.1, 0.15) is 16.8 Å². The van der Waals surface area contributed by atoms with Crippen molar-refractivity contribution >= 4 is 17.6 Å². The quantitative estimate of drug-likeness (QED) is 0.743. The van der Waals surface area contributed by atoms with Crippen LogP contribution in [0.4, 0.5) is 0 Å². The number of nitrogens with one attached hydrogen (secondary N) is 1. The molecule has 1 unspecified atom stereocenters. The summed E-state index contributed by atoms with van der Waals surface area (Å²) >= 11 is 6.35. The van der Waals surface area contributed by atoms with E-state index in [0.29, 0.717) is 11.4 Å². The van der Waals surface area contributed by atoms with Crippen LogP contribution >= 0.6 is 11.6 Å². The minimum absolute atomic E-state index is 0.232. The third-order valence-electron chi connectivity index (χ3n) is 3.45. The van der Waals surface area contributed by atoms with Crippen molar-refractivity contribution in [3.63, 3.8) is 0 Å². The molecule has 0 amide bonds. The fraction of sp³-hybridized carbons (Fsp3) is 0.188. The summed E-state index contributed by atoms with van der Waals surface area (Å²) in [6.07, 6.45) is 1.14. The van der Waals surface area contributed by atoms with E-state index in [9.17, 15) is 4.79 Å². The molecule has 1 N–H and O–H groups in total. The molecular weight excluding hydrogens is 316 g/mol. The number of hydrogen-bond acceptors (Lipinski definition) is 4. The predicted molar refractivity (Wildman–Crippen MR) is 85.7 cm³/mol. The van der Waals surface area contributed by atoms with E-state index in [1.165, 1.54) is 4.68 Å². The van der Waals surface area contributed by atoms with E-state index in [1.54, 1.807) is 26.1 Å². The number of aromatic nitrogens is 4. The Bertz CT molecular complexity index is 812. The molecular formula is C16H15ClN4O2. The van der Waals surface area contributed by atoms with Gasteiger partial charge in [-0.3, -0.25) is 5.10 Å². The first kappa shape index (κ1) is 15.3. The molecule has 0 aliphatic rings. The first-order valence-electron chi connectivity index (χ1n) is 7.08. The van der Waals surface area contributed by atoms with Crippen LogP contribution in [0.25, 0.3) is 5.69 Å². The Kier molecular flexibility index (Phi) is 4.16. The van der Waals surface area contributed by atoms with E-state index in [0.717, 1.165) is 5.69 Å². The summed E-state index contributed by atoms with van der Waals surface area (Å²) in [5.74, 6) is -0.517. The van der Waals surface area contributed by atoms with E-state index in [1.807, 2.05) is 30.3 Å². The molecule has 1 aromatic carbocycles. The van der Waals surface area contributed by atoms with Crippen LogP contribution in [0.15, 0.2) is 42.6 Å². The molecule has 0 saturated heterocycles. The summed E-state index contributed by atoms with van der Waals surface area (Å²) < 4.78 is 6.97. The zero-order valence-electron chi connectivity index (χ0n) is 12.7. The molecule has 0 radical (unpaired) electrons. The molecule has 0 bridgehead atoms. The fourth-order valence-electron chi connectivity index (χ4n) is 2.25. The molecule has 1 atom stereocenters. The van der Waals surface area contributed by atoms with E-state index in [-0.39, 0.29) is 10.7 Å². The number of esters is 1. The van der Waals surface area contributed by atoms with Crippen LogP contribution in [0.1, 0.15) is 34.8 Å². The molecule has 118 valence electrons. The van der Waals surface area contributed by atoms with Gasteiger partial charge in [-0.25, -0.2) is 9.48 Å². The van der Waals surface area contributed by atoms with Crippen molar-refractivity contribution in [2.45, 2.75) is 20.0 Å². The lowest BCUT2D eigenvalue weighted by molar-refractivity contribution is 0.0328. The lowest BCUT2D eigenvalue weighted by Crippen LogP contribution is -2.10. The maximum Gasteiger partial charge on any atom is 0.343 e. The van der Waals surface area contributed by atoms with Crippen molar-refractivity contribution in [3.05, 3.63) is 64.7 Å². The summed E-state index contributed by atoms with van der Waals surface area (Å²) in [5.41, 5.74) is 2.27. The number of benzene rings is 1. The largest absolute Gasteiger partial charge is 0.452 e. The predicted octanol–water partition coefficient (Wildman–Crippen LogP) is 3.48. The molecule has 7 heteroatoms. The molecule has 0 aliphatic heterocycles. The summed E-state index contributed by atoms with van der Waals surface area (Å²) in [4.78, 5) is 12.4. The lowest BCUT2D eigenvalue weighted by atomic mass is 10.2. The van der Waals surface area contributed by atoms with E-state index >= 15 is 0 Å². The van der Waals surface area contributed by atoms with Gasteiger partial charge >= 0.3 is 5.97 Å². The summed E-state index contributed by atoms with van der Waals surface area (Å²) in [7, 11) is 0. The molecule has 3 aromatic rings. The van der Waals surface area contributed by atoms with Gasteiger partial charge in [0, 0.05) is 6.20 Å². The number of aryl methyl sites for hydroxylation is 1. The number of para-hydroxylation sites is 1. The zero-order valence-corrected chi connectivity index (χ0v) is 13.4.